The molecule has 3 aliphatic rings. The first-order valence-electron chi connectivity index (χ1n) is 8.08. The maximum Gasteiger partial charge on any atom is 0.191 e. The van der Waals surface area contributed by atoms with E-state index in [1.54, 1.807) is 0 Å². The van der Waals surface area contributed by atoms with Crippen molar-refractivity contribution in [2.45, 2.75) is 29.6 Å². The zero-order chi connectivity index (χ0) is 18.9. The number of hydrogen-bond donors (Lipinski definition) is 2. The molecule has 2 aliphatic carbocycles. The Morgan fingerprint density at radius 1 is 1.19 bits per heavy atom. The quantitative estimate of drug-likeness (QED) is 0.548. The van der Waals surface area contributed by atoms with Gasteiger partial charge < -0.3 is 24.4 Å². The molecule has 7 nitrogen and oxygen atoms in total. The smallest absolute Gasteiger partial charge is 0.191 e. The van der Waals surface area contributed by atoms with Crippen LogP contribution in [0.15, 0.2) is 6.07 Å². The summed E-state index contributed by atoms with van der Waals surface area (Å²) in [5.41, 5.74) is -0.666. The van der Waals surface area contributed by atoms with E-state index in [-0.39, 0.29) is 29.0 Å². The van der Waals surface area contributed by atoms with Gasteiger partial charge in [-0.05, 0) is 0 Å². The van der Waals surface area contributed by atoms with E-state index in [2.05, 4.69) is 0 Å². The number of halogens is 2. The summed E-state index contributed by atoms with van der Waals surface area (Å²) in [5.74, 6) is -4.51. The van der Waals surface area contributed by atoms with Gasteiger partial charge in [0.15, 0.2) is 17.4 Å². The number of benzene rings is 1. The Balaban J connectivity index is 1.93. The summed E-state index contributed by atoms with van der Waals surface area (Å²) in [4.78, 5) is 24.7. The highest BCUT2D eigenvalue weighted by molar-refractivity contribution is 6.44. The third-order valence-corrected chi connectivity index (χ3v) is 6.42. The SMILES string of the molecule is CO[C@@H]1CC2(C[C@@H]3C(=O)c4c(O)c(Cl)cc(O)c4C(=O)[C@@]31Cl)OCCO2. The van der Waals surface area contributed by atoms with Crippen molar-refractivity contribution >= 4 is 34.8 Å². The molecule has 1 aliphatic heterocycles. The topological polar surface area (TPSA) is 102 Å². The predicted molar refractivity (Wildman–Crippen MR) is 90.2 cm³/mol. The van der Waals surface area contributed by atoms with Gasteiger partial charge >= 0.3 is 0 Å². The second-order valence-electron chi connectivity index (χ2n) is 6.73. The summed E-state index contributed by atoms with van der Waals surface area (Å²) in [7, 11) is 1.38. The van der Waals surface area contributed by atoms with Crippen molar-refractivity contribution in [1.82, 2.24) is 0 Å². The van der Waals surface area contributed by atoms with Gasteiger partial charge in [0.05, 0.1) is 41.4 Å². The molecule has 2 N–H and O–H groups in total. The van der Waals surface area contributed by atoms with Crippen LogP contribution in [0.2, 0.25) is 5.02 Å². The van der Waals surface area contributed by atoms with Gasteiger partial charge in [-0.3, -0.25) is 9.59 Å². The van der Waals surface area contributed by atoms with Crippen LogP contribution >= 0.6 is 23.2 Å². The standard InChI is InChI=1S/C17H16Cl2O7/c1-24-10-6-16(25-2-3-26-16)5-7-13(21)12-11(15(23)17(7,10)19)9(20)4-8(18)14(12)22/h4,7,10,20,22H,2-3,5-6H2,1H3/t7-,10-,17-/m1/s1. The first-order valence-corrected chi connectivity index (χ1v) is 8.84. The first-order chi connectivity index (χ1) is 12.2. The molecule has 3 atom stereocenters. The molecule has 9 heteroatoms. The number of aromatic hydroxyl groups is 2. The minimum absolute atomic E-state index is 0.0348. The lowest BCUT2D eigenvalue weighted by Crippen LogP contribution is -2.64. The number of methoxy groups -OCH3 is 1. The summed E-state index contributed by atoms with van der Waals surface area (Å²) in [6, 6.07) is 1.01. The molecule has 1 heterocycles. The molecule has 1 saturated carbocycles. The van der Waals surface area contributed by atoms with Gasteiger partial charge in [-0.1, -0.05) is 11.6 Å². The van der Waals surface area contributed by atoms with Crippen molar-refractivity contribution < 1.29 is 34.0 Å². The van der Waals surface area contributed by atoms with Crippen molar-refractivity contribution in [2.24, 2.45) is 5.92 Å². The van der Waals surface area contributed by atoms with Crippen LogP contribution in [0.5, 0.6) is 11.5 Å². The van der Waals surface area contributed by atoms with E-state index < -0.39 is 45.7 Å². The van der Waals surface area contributed by atoms with Crippen LogP contribution < -0.4 is 0 Å². The van der Waals surface area contributed by atoms with Crippen molar-refractivity contribution in [1.29, 1.82) is 0 Å². The number of alkyl halides is 1. The zero-order valence-corrected chi connectivity index (χ0v) is 15.3. The van der Waals surface area contributed by atoms with Crippen LogP contribution in [0.4, 0.5) is 0 Å². The Bertz CT molecular complexity index is 818. The van der Waals surface area contributed by atoms with Crippen LogP contribution in [0, 0.1) is 5.92 Å². The fraction of sp³-hybridized carbons (Fsp3) is 0.529. The van der Waals surface area contributed by atoms with Crippen molar-refractivity contribution in [2.75, 3.05) is 20.3 Å². The molecule has 4 rings (SSSR count). The molecule has 1 aromatic rings. The Morgan fingerprint density at radius 2 is 1.85 bits per heavy atom. The predicted octanol–water partition coefficient (Wildman–Crippen LogP) is 2.28. The molecule has 140 valence electrons. The van der Waals surface area contributed by atoms with Crippen molar-refractivity contribution in [3.05, 3.63) is 22.2 Å². The number of Topliss-reactive ketones (excluding diaryl/α,β-unsaturated/α-hetero) is 2. The number of fused-ring (bicyclic) bond motifs is 2. The average Bonchev–Trinajstić information content (AvgIpc) is 3.05. The Hall–Kier alpha value is -1.38. The fourth-order valence-electron chi connectivity index (χ4n) is 4.24. The van der Waals surface area contributed by atoms with Crippen LogP contribution in [-0.2, 0) is 14.2 Å². The number of hydrogen-bond acceptors (Lipinski definition) is 7. The lowest BCUT2D eigenvalue weighted by molar-refractivity contribution is -0.210. The minimum Gasteiger partial charge on any atom is -0.507 e. The number of phenols is 2. The van der Waals surface area contributed by atoms with Crippen molar-refractivity contribution in [3.63, 3.8) is 0 Å². The van der Waals surface area contributed by atoms with Gasteiger partial charge in [0.1, 0.15) is 16.4 Å². The van der Waals surface area contributed by atoms with Gasteiger partial charge in [-0.15, -0.1) is 11.6 Å². The average molecular weight is 403 g/mol. The molecule has 0 aromatic heterocycles. The molecular weight excluding hydrogens is 387 g/mol. The number of rotatable bonds is 1. The van der Waals surface area contributed by atoms with Crippen molar-refractivity contribution in [3.8, 4) is 11.5 Å². The maximum atomic E-state index is 13.2. The summed E-state index contributed by atoms with van der Waals surface area (Å²) < 4.78 is 16.8. The van der Waals surface area contributed by atoms with Gasteiger partial charge in [-0.25, -0.2) is 0 Å². The number of ether oxygens (including phenoxy) is 3. The molecule has 1 saturated heterocycles. The Labute approximate surface area is 158 Å². The van der Waals surface area contributed by atoms with Gasteiger partial charge in [-0.2, -0.15) is 0 Å². The largest absolute Gasteiger partial charge is 0.507 e. The molecular formula is C17H16Cl2O7. The highest BCUT2D eigenvalue weighted by Gasteiger charge is 2.66. The second kappa shape index (κ2) is 5.81. The molecule has 0 bridgehead atoms. The summed E-state index contributed by atoms with van der Waals surface area (Å²) >= 11 is 12.6. The lowest BCUT2D eigenvalue weighted by Gasteiger charge is -2.50. The maximum absolute atomic E-state index is 13.2. The van der Waals surface area contributed by atoms with E-state index in [1.165, 1.54) is 7.11 Å². The highest BCUT2D eigenvalue weighted by atomic mass is 35.5. The van der Waals surface area contributed by atoms with E-state index >= 15 is 0 Å². The monoisotopic (exact) mass is 402 g/mol. The van der Waals surface area contributed by atoms with Gasteiger partial charge in [0.25, 0.3) is 0 Å². The van der Waals surface area contributed by atoms with E-state index in [9.17, 15) is 19.8 Å². The van der Waals surface area contributed by atoms with E-state index in [1.807, 2.05) is 0 Å². The molecule has 26 heavy (non-hydrogen) atoms. The summed E-state index contributed by atoms with van der Waals surface area (Å²) in [6.07, 6.45) is -0.687. The van der Waals surface area contributed by atoms with Gasteiger partial charge in [0, 0.05) is 26.0 Å². The number of phenolic OH excluding ortho intramolecular Hbond substituents is 2. The molecule has 1 aromatic carbocycles. The fourth-order valence-corrected chi connectivity index (χ4v) is 4.87. The molecule has 1 spiro atoms. The third kappa shape index (κ3) is 2.18. The van der Waals surface area contributed by atoms with E-state index in [0.29, 0.717) is 13.2 Å². The van der Waals surface area contributed by atoms with Gasteiger partial charge in [0.2, 0.25) is 0 Å². The molecule has 0 unspecified atom stereocenters. The summed E-state index contributed by atoms with van der Waals surface area (Å²) in [5, 5.41) is 20.2. The lowest BCUT2D eigenvalue weighted by atomic mass is 9.63. The Kier molecular flexibility index (Phi) is 4.02. The second-order valence-corrected chi connectivity index (χ2v) is 7.76. The molecule has 0 amide bonds. The van der Waals surface area contributed by atoms with Crippen LogP contribution in [0.3, 0.4) is 0 Å². The summed E-state index contributed by atoms with van der Waals surface area (Å²) in [6.45, 7) is 0.712. The normalized spacial score (nSPS) is 32.6. The van der Waals surface area contributed by atoms with E-state index in [0.717, 1.165) is 6.07 Å². The van der Waals surface area contributed by atoms with Crippen LogP contribution in [-0.4, -0.2) is 58.9 Å². The highest BCUT2D eigenvalue weighted by Crippen LogP contribution is 2.55. The molecule has 0 radical (unpaired) electrons. The molecule has 2 fully saturated rings. The van der Waals surface area contributed by atoms with E-state index in [4.69, 9.17) is 37.4 Å². The third-order valence-electron chi connectivity index (χ3n) is 5.46. The number of carbonyl (C=O) groups is 2. The van der Waals surface area contributed by atoms with Crippen LogP contribution in [0.25, 0.3) is 0 Å². The zero-order valence-electron chi connectivity index (χ0n) is 13.8. The minimum atomic E-state index is -1.74. The number of carbonyl (C=O) groups excluding carboxylic acids is 2. The van der Waals surface area contributed by atoms with Crippen LogP contribution in [0.1, 0.15) is 33.6 Å². The first kappa shape index (κ1) is 18.0. The Morgan fingerprint density at radius 3 is 2.46 bits per heavy atom. The number of ketones is 2.